The quantitative estimate of drug-likeness (QED) is 0.444. The number of nitrogens with zero attached hydrogens (tertiary/aromatic N) is 1. The predicted molar refractivity (Wildman–Crippen MR) is 114 cm³/mol. The Balaban J connectivity index is 2.06. The van der Waals surface area contributed by atoms with Crippen LogP contribution in [0.15, 0.2) is 42.0 Å². The number of benzene rings is 2. The number of ether oxygens (including phenoxy) is 3. The van der Waals surface area contributed by atoms with Crippen LogP contribution in [0.4, 0.5) is 5.69 Å². The lowest BCUT2D eigenvalue weighted by atomic mass is 10.1. The number of hydrogen-bond acceptors (Lipinski definition) is 6. The Labute approximate surface area is 177 Å². The van der Waals surface area contributed by atoms with E-state index >= 15 is 0 Å². The summed E-state index contributed by atoms with van der Waals surface area (Å²) in [5, 5.41) is 3.04. The molecular weight excluding hydrogens is 416 g/mol. The van der Waals surface area contributed by atoms with Crippen LogP contribution in [0.3, 0.4) is 0 Å². The third-order valence-electron chi connectivity index (χ3n) is 4.18. The maximum absolute atomic E-state index is 13.1. The number of thiocarbonyl (C=S) groups is 1. The summed E-state index contributed by atoms with van der Waals surface area (Å²) < 4.78 is 15.9. The van der Waals surface area contributed by atoms with Gasteiger partial charge in [-0.3, -0.25) is 19.8 Å². The van der Waals surface area contributed by atoms with Gasteiger partial charge in [-0.1, -0.05) is 11.6 Å². The van der Waals surface area contributed by atoms with Crippen LogP contribution in [0, 0.1) is 0 Å². The smallest absolute Gasteiger partial charge is 0.270 e. The molecule has 1 heterocycles. The zero-order chi connectivity index (χ0) is 21.1. The molecule has 3 rings (SSSR count). The second-order valence-corrected chi connectivity index (χ2v) is 6.72. The van der Waals surface area contributed by atoms with Crippen LogP contribution in [0.25, 0.3) is 6.08 Å². The van der Waals surface area contributed by atoms with Gasteiger partial charge in [0.15, 0.2) is 16.6 Å². The Kier molecular flexibility index (Phi) is 6.05. The zero-order valence-corrected chi connectivity index (χ0v) is 17.4. The predicted octanol–water partition coefficient (Wildman–Crippen LogP) is 3.20. The fraction of sp³-hybridized carbons (Fsp3) is 0.150. The fourth-order valence-corrected chi connectivity index (χ4v) is 3.24. The number of nitrogens with one attached hydrogen (secondary N) is 1. The molecule has 2 aromatic rings. The van der Waals surface area contributed by atoms with Gasteiger partial charge in [0.2, 0.25) is 5.75 Å². The summed E-state index contributed by atoms with van der Waals surface area (Å²) in [6, 6.07) is 9.81. The molecule has 150 valence electrons. The van der Waals surface area contributed by atoms with Crippen LogP contribution in [-0.4, -0.2) is 38.3 Å². The summed E-state index contributed by atoms with van der Waals surface area (Å²) in [7, 11) is 4.45. The molecule has 1 aliphatic heterocycles. The average molecular weight is 433 g/mol. The first kappa shape index (κ1) is 20.6. The summed E-state index contributed by atoms with van der Waals surface area (Å²) in [5.41, 5.74) is 0.907. The van der Waals surface area contributed by atoms with Crippen LogP contribution < -0.4 is 24.4 Å². The second kappa shape index (κ2) is 8.50. The van der Waals surface area contributed by atoms with Gasteiger partial charge in [-0.15, -0.1) is 0 Å². The van der Waals surface area contributed by atoms with Crippen molar-refractivity contribution in [2.45, 2.75) is 0 Å². The third kappa shape index (κ3) is 4.03. The van der Waals surface area contributed by atoms with E-state index in [2.05, 4.69) is 5.32 Å². The maximum Gasteiger partial charge on any atom is 0.270 e. The van der Waals surface area contributed by atoms with Gasteiger partial charge in [0, 0.05) is 5.02 Å². The topological polar surface area (TPSA) is 77.1 Å². The minimum absolute atomic E-state index is 0.00985. The van der Waals surface area contributed by atoms with Crippen molar-refractivity contribution < 1.29 is 23.8 Å². The Bertz CT molecular complexity index is 995. The van der Waals surface area contributed by atoms with E-state index in [-0.39, 0.29) is 10.7 Å². The van der Waals surface area contributed by atoms with Gasteiger partial charge >= 0.3 is 0 Å². The normalized spacial score (nSPS) is 15.4. The maximum atomic E-state index is 13.1. The first-order chi connectivity index (χ1) is 13.9. The van der Waals surface area contributed by atoms with Crippen molar-refractivity contribution in [2.24, 2.45) is 0 Å². The Morgan fingerprint density at radius 2 is 1.59 bits per heavy atom. The highest BCUT2D eigenvalue weighted by Crippen LogP contribution is 2.39. The molecule has 2 amide bonds. The summed E-state index contributed by atoms with van der Waals surface area (Å²) >= 11 is 11.1. The van der Waals surface area contributed by atoms with Gasteiger partial charge in [0.1, 0.15) is 5.57 Å². The van der Waals surface area contributed by atoms with Gasteiger partial charge in [0.05, 0.1) is 27.0 Å². The summed E-state index contributed by atoms with van der Waals surface area (Å²) in [6.07, 6.45) is 1.44. The Morgan fingerprint density at radius 1 is 1.00 bits per heavy atom. The van der Waals surface area contributed by atoms with E-state index in [1.165, 1.54) is 32.3 Å². The molecule has 1 aliphatic rings. The molecule has 0 saturated carbocycles. The van der Waals surface area contributed by atoms with Crippen molar-refractivity contribution in [1.82, 2.24) is 5.32 Å². The second-order valence-electron chi connectivity index (χ2n) is 5.89. The zero-order valence-electron chi connectivity index (χ0n) is 15.8. The van der Waals surface area contributed by atoms with Crippen LogP contribution >= 0.6 is 23.8 Å². The van der Waals surface area contributed by atoms with Gasteiger partial charge in [-0.05, 0) is 60.3 Å². The van der Waals surface area contributed by atoms with Gasteiger partial charge in [-0.2, -0.15) is 0 Å². The van der Waals surface area contributed by atoms with E-state index < -0.39 is 11.8 Å². The SMILES string of the molecule is COc1cc(C=C2C(=O)NC(=S)N(c3ccc(Cl)cc3)C2=O)cc(OC)c1OC. The van der Waals surface area contributed by atoms with Crippen molar-refractivity contribution in [2.75, 3.05) is 26.2 Å². The molecule has 9 heteroatoms. The van der Waals surface area contributed by atoms with Crippen molar-refractivity contribution in [3.63, 3.8) is 0 Å². The van der Waals surface area contributed by atoms with E-state index in [0.29, 0.717) is 33.5 Å². The van der Waals surface area contributed by atoms with Crippen LogP contribution in [-0.2, 0) is 9.59 Å². The fourth-order valence-electron chi connectivity index (χ4n) is 2.83. The third-order valence-corrected chi connectivity index (χ3v) is 4.72. The Hall–Kier alpha value is -3.10. The number of hydrogen-bond donors (Lipinski definition) is 1. The molecule has 1 N–H and O–H groups in total. The van der Waals surface area contributed by atoms with Crippen LogP contribution in [0.1, 0.15) is 5.56 Å². The molecule has 2 aromatic carbocycles. The van der Waals surface area contributed by atoms with Gasteiger partial charge in [0.25, 0.3) is 11.8 Å². The van der Waals surface area contributed by atoms with E-state index in [1.54, 1.807) is 36.4 Å². The molecule has 29 heavy (non-hydrogen) atoms. The summed E-state index contributed by atoms with van der Waals surface area (Å²) in [5.74, 6) is 0.0363. The molecule has 0 aliphatic carbocycles. The van der Waals surface area contributed by atoms with Crippen molar-refractivity contribution >= 4 is 52.5 Å². The number of amides is 2. The molecule has 0 unspecified atom stereocenters. The number of halogens is 1. The number of carbonyl (C=O) groups excluding carboxylic acids is 2. The largest absolute Gasteiger partial charge is 0.493 e. The van der Waals surface area contributed by atoms with Crippen molar-refractivity contribution in [3.05, 3.63) is 52.6 Å². The molecule has 0 atom stereocenters. The number of rotatable bonds is 5. The first-order valence-corrected chi connectivity index (χ1v) is 9.15. The van der Waals surface area contributed by atoms with E-state index in [4.69, 9.17) is 38.0 Å². The minimum atomic E-state index is -0.598. The highest BCUT2D eigenvalue weighted by Gasteiger charge is 2.34. The molecule has 0 spiro atoms. The van der Waals surface area contributed by atoms with Crippen molar-refractivity contribution in [1.29, 1.82) is 0 Å². The highest BCUT2D eigenvalue weighted by molar-refractivity contribution is 7.80. The molecule has 1 fully saturated rings. The van der Waals surface area contributed by atoms with E-state index in [1.807, 2.05) is 0 Å². The number of methoxy groups -OCH3 is 3. The molecule has 0 bridgehead atoms. The lowest BCUT2D eigenvalue weighted by Gasteiger charge is -2.29. The van der Waals surface area contributed by atoms with E-state index in [9.17, 15) is 9.59 Å². The lowest BCUT2D eigenvalue weighted by molar-refractivity contribution is -0.122. The van der Waals surface area contributed by atoms with Crippen LogP contribution in [0.2, 0.25) is 5.02 Å². The number of carbonyl (C=O) groups is 2. The highest BCUT2D eigenvalue weighted by atomic mass is 35.5. The van der Waals surface area contributed by atoms with E-state index in [0.717, 1.165) is 0 Å². The number of anilines is 1. The van der Waals surface area contributed by atoms with Crippen LogP contribution in [0.5, 0.6) is 17.2 Å². The van der Waals surface area contributed by atoms with Gasteiger partial charge < -0.3 is 14.2 Å². The summed E-state index contributed by atoms with van der Waals surface area (Å²) in [4.78, 5) is 26.8. The van der Waals surface area contributed by atoms with Crippen molar-refractivity contribution in [3.8, 4) is 17.2 Å². The standard InChI is InChI=1S/C20H17ClN2O5S/c1-26-15-9-11(10-16(27-2)17(15)28-3)8-14-18(24)22-20(29)23(19(14)25)13-6-4-12(21)5-7-13/h4-10H,1-3H3,(H,22,24,29). The minimum Gasteiger partial charge on any atom is -0.493 e. The molecular formula is C20H17ClN2O5S. The molecule has 1 saturated heterocycles. The monoisotopic (exact) mass is 432 g/mol. The average Bonchev–Trinajstić information content (AvgIpc) is 2.71. The lowest BCUT2D eigenvalue weighted by Crippen LogP contribution is -2.54. The molecule has 0 aromatic heterocycles. The first-order valence-electron chi connectivity index (χ1n) is 8.36. The molecule has 7 nitrogen and oxygen atoms in total. The van der Waals surface area contributed by atoms with Gasteiger partial charge in [-0.25, -0.2) is 0 Å². The Morgan fingerprint density at radius 3 is 2.10 bits per heavy atom. The molecule has 0 radical (unpaired) electrons. The summed E-state index contributed by atoms with van der Waals surface area (Å²) in [6.45, 7) is 0.